The van der Waals surface area contributed by atoms with Crippen molar-refractivity contribution in [1.29, 1.82) is 0 Å². The first-order valence-corrected chi connectivity index (χ1v) is 10.3. The Kier molecular flexibility index (Phi) is 4.99. The van der Waals surface area contributed by atoms with Gasteiger partial charge in [0.25, 0.3) is 0 Å². The Morgan fingerprint density at radius 1 is 1.23 bits per heavy atom. The van der Waals surface area contributed by atoms with Gasteiger partial charge in [0.05, 0.1) is 12.1 Å². The molecular formula is C19H18FN3OS2. The van der Waals surface area contributed by atoms with Gasteiger partial charge in [0, 0.05) is 40.8 Å². The number of hydrogen-bond acceptors (Lipinski definition) is 5. The zero-order valence-electron chi connectivity index (χ0n) is 14.1. The molecule has 0 bridgehead atoms. The molecule has 7 heteroatoms. The van der Waals surface area contributed by atoms with Crippen molar-refractivity contribution in [2.24, 2.45) is 0 Å². The highest BCUT2D eigenvalue weighted by molar-refractivity contribution is 7.14. The van der Waals surface area contributed by atoms with Crippen molar-refractivity contribution >= 4 is 40.0 Å². The summed E-state index contributed by atoms with van der Waals surface area (Å²) in [6.45, 7) is 1.86. The summed E-state index contributed by atoms with van der Waals surface area (Å²) in [6.07, 6.45) is 2.42. The van der Waals surface area contributed by atoms with E-state index in [9.17, 15) is 9.18 Å². The highest BCUT2D eigenvalue weighted by Gasteiger charge is 2.15. The first kappa shape index (κ1) is 17.2. The van der Waals surface area contributed by atoms with Crippen LogP contribution in [0.3, 0.4) is 0 Å². The van der Waals surface area contributed by atoms with Crippen LogP contribution in [0.1, 0.15) is 18.5 Å². The van der Waals surface area contributed by atoms with Crippen LogP contribution in [0.5, 0.6) is 0 Å². The molecule has 1 aliphatic rings. The van der Waals surface area contributed by atoms with E-state index in [0.29, 0.717) is 5.69 Å². The number of amides is 1. The molecule has 26 heavy (non-hydrogen) atoms. The van der Waals surface area contributed by atoms with Gasteiger partial charge in [0.1, 0.15) is 10.8 Å². The van der Waals surface area contributed by atoms with Gasteiger partial charge in [-0.25, -0.2) is 9.37 Å². The third-order valence-corrected chi connectivity index (χ3v) is 5.92. The van der Waals surface area contributed by atoms with Gasteiger partial charge in [-0.05, 0) is 42.5 Å². The lowest BCUT2D eigenvalue weighted by Gasteiger charge is -2.18. The van der Waals surface area contributed by atoms with E-state index in [1.165, 1.54) is 23.5 Å². The molecule has 0 aliphatic carbocycles. The highest BCUT2D eigenvalue weighted by atomic mass is 32.1. The lowest BCUT2D eigenvalue weighted by Crippen LogP contribution is -2.19. The third kappa shape index (κ3) is 3.94. The molecule has 134 valence electrons. The Morgan fingerprint density at radius 3 is 2.85 bits per heavy atom. The van der Waals surface area contributed by atoms with Gasteiger partial charge in [-0.15, -0.1) is 11.3 Å². The number of benzene rings is 1. The van der Waals surface area contributed by atoms with Crippen molar-refractivity contribution in [3.05, 3.63) is 51.9 Å². The van der Waals surface area contributed by atoms with Crippen LogP contribution >= 0.6 is 22.7 Å². The molecule has 1 amide bonds. The van der Waals surface area contributed by atoms with Crippen molar-refractivity contribution in [3.8, 4) is 10.6 Å². The van der Waals surface area contributed by atoms with Gasteiger partial charge < -0.3 is 10.2 Å². The van der Waals surface area contributed by atoms with Crippen LogP contribution in [0.4, 0.5) is 15.8 Å². The monoisotopic (exact) mass is 387 g/mol. The van der Waals surface area contributed by atoms with E-state index in [1.807, 2.05) is 28.3 Å². The lowest BCUT2D eigenvalue weighted by atomic mass is 10.2. The minimum Gasteiger partial charge on any atom is -0.371 e. The largest absolute Gasteiger partial charge is 0.371 e. The van der Waals surface area contributed by atoms with E-state index in [0.717, 1.165) is 47.9 Å². The average molecular weight is 388 g/mol. The standard InChI is InChI=1S/C19H18FN3OS2/c20-14-7-15(9-17(8-14)23-4-1-2-5-23)21-18(24)10-16-12-26-19(22-16)13-3-6-25-11-13/h3,6-9,11-12H,1-2,4-5,10H2,(H,21,24). The molecule has 2 aromatic heterocycles. The maximum Gasteiger partial charge on any atom is 0.230 e. The van der Waals surface area contributed by atoms with Gasteiger partial charge >= 0.3 is 0 Å². The number of nitrogens with zero attached hydrogens (tertiary/aromatic N) is 2. The zero-order chi connectivity index (χ0) is 17.9. The summed E-state index contributed by atoms with van der Waals surface area (Å²) in [7, 11) is 0. The Bertz CT molecular complexity index is 901. The van der Waals surface area contributed by atoms with Gasteiger partial charge in [0.15, 0.2) is 0 Å². The van der Waals surface area contributed by atoms with Crippen molar-refractivity contribution in [3.63, 3.8) is 0 Å². The number of halogens is 1. The predicted molar refractivity (Wildman–Crippen MR) is 106 cm³/mol. The summed E-state index contributed by atoms with van der Waals surface area (Å²) < 4.78 is 13.9. The molecule has 0 radical (unpaired) electrons. The summed E-state index contributed by atoms with van der Waals surface area (Å²) in [6, 6.07) is 6.73. The number of carbonyl (C=O) groups excluding carboxylic acids is 1. The quantitative estimate of drug-likeness (QED) is 0.684. The fraction of sp³-hybridized carbons (Fsp3) is 0.263. The van der Waals surface area contributed by atoms with Crippen molar-refractivity contribution in [1.82, 2.24) is 4.98 Å². The molecule has 1 N–H and O–H groups in total. The lowest BCUT2D eigenvalue weighted by molar-refractivity contribution is -0.115. The fourth-order valence-corrected chi connectivity index (χ4v) is 4.61. The number of rotatable bonds is 5. The van der Waals surface area contributed by atoms with Crippen LogP contribution in [-0.4, -0.2) is 24.0 Å². The molecule has 0 saturated carbocycles. The van der Waals surface area contributed by atoms with Crippen molar-refractivity contribution < 1.29 is 9.18 Å². The van der Waals surface area contributed by atoms with Crippen molar-refractivity contribution in [2.75, 3.05) is 23.3 Å². The van der Waals surface area contributed by atoms with Gasteiger partial charge in [-0.3, -0.25) is 4.79 Å². The molecular weight excluding hydrogens is 369 g/mol. The first-order chi connectivity index (χ1) is 12.7. The molecule has 1 aromatic carbocycles. The number of thiazole rings is 1. The summed E-state index contributed by atoms with van der Waals surface area (Å²) in [5, 5.41) is 9.65. The topological polar surface area (TPSA) is 45.2 Å². The number of nitrogens with one attached hydrogen (secondary N) is 1. The molecule has 0 unspecified atom stereocenters. The predicted octanol–water partition coefficient (Wildman–Crippen LogP) is 4.79. The van der Waals surface area contributed by atoms with E-state index >= 15 is 0 Å². The second-order valence-corrected chi connectivity index (χ2v) is 7.91. The molecule has 3 aromatic rings. The normalized spacial score (nSPS) is 14.0. The zero-order valence-corrected chi connectivity index (χ0v) is 15.7. The van der Waals surface area contributed by atoms with Crippen LogP contribution in [-0.2, 0) is 11.2 Å². The summed E-state index contributed by atoms with van der Waals surface area (Å²) in [5.41, 5.74) is 3.12. The van der Waals surface area contributed by atoms with Crippen LogP contribution in [0.2, 0.25) is 0 Å². The van der Waals surface area contributed by atoms with Crippen molar-refractivity contribution in [2.45, 2.75) is 19.3 Å². The molecule has 3 heterocycles. The van der Waals surface area contributed by atoms with E-state index in [1.54, 1.807) is 11.3 Å². The minimum absolute atomic E-state index is 0.177. The van der Waals surface area contributed by atoms with Gasteiger partial charge in [-0.2, -0.15) is 11.3 Å². The molecule has 1 aliphatic heterocycles. The molecule has 0 spiro atoms. The minimum atomic E-state index is -0.335. The second kappa shape index (κ2) is 7.55. The van der Waals surface area contributed by atoms with E-state index < -0.39 is 0 Å². The number of anilines is 2. The number of thiophene rings is 1. The summed E-state index contributed by atoms with van der Waals surface area (Å²) >= 11 is 3.15. The number of aromatic nitrogens is 1. The highest BCUT2D eigenvalue weighted by Crippen LogP contribution is 2.27. The fourth-order valence-electron chi connectivity index (χ4n) is 3.08. The van der Waals surface area contributed by atoms with E-state index in [-0.39, 0.29) is 18.1 Å². The number of carbonyl (C=O) groups is 1. The Morgan fingerprint density at radius 2 is 2.08 bits per heavy atom. The Balaban J connectivity index is 1.43. The van der Waals surface area contributed by atoms with Crippen LogP contribution < -0.4 is 10.2 Å². The molecule has 1 saturated heterocycles. The maximum absolute atomic E-state index is 13.9. The molecule has 4 rings (SSSR count). The van der Waals surface area contributed by atoms with Gasteiger partial charge in [-0.1, -0.05) is 0 Å². The van der Waals surface area contributed by atoms with E-state index in [2.05, 4.69) is 15.2 Å². The maximum atomic E-state index is 13.9. The van der Waals surface area contributed by atoms with Crippen LogP contribution in [0.25, 0.3) is 10.6 Å². The third-order valence-electron chi connectivity index (χ3n) is 4.30. The Labute approximate surface area is 159 Å². The van der Waals surface area contributed by atoms with Gasteiger partial charge in [0.2, 0.25) is 5.91 Å². The first-order valence-electron chi connectivity index (χ1n) is 8.50. The molecule has 4 nitrogen and oxygen atoms in total. The van der Waals surface area contributed by atoms with Crippen LogP contribution in [0, 0.1) is 5.82 Å². The summed E-state index contributed by atoms with van der Waals surface area (Å²) in [5.74, 6) is -0.525. The van der Waals surface area contributed by atoms with Crippen LogP contribution in [0.15, 0.2) is 40.4 Å². The average Bonchev–Trinajstić information content (AvgIpc) is 3.36. The number of hydrogen-bond donors (Lipinski definition) is 1. The summed E-state index contributed by atoms with van der Waals surface area (Å²) in [4.78, 5) is 19.0. The molecule has 1 fully saturated rings. The molecule has 0 atom stereocenters. The smallest absolute Gasteiger partial charge is 0.230 e. The SMILES string of the molecule is O=C(Cc1csc(-c2ccsc2)n1)Nc1cc(F)cc(N2CCCC2)c1. The Hall–Kier alpha value is -2.25. The van der Waals surface area contributed by atoms with E-state index in [4.69, 9.17) is 0 Å². The second-order valence-electron chi connectivity index (χ2n) is 6.27.